The molecule has 1 amide bonds. The number of amides is 1. The Hall–Kier alpha value is -1.78. The lowest BCUT2D eigenvalue weighted by molar-refractivity contribution is -0.122. The summed E-state index contributed by atoms with van der Waals surface area (Å²) < 4.78 is 1.35. The highest BCUT2D eigenvalue weighted by Crippen LogP contribution is 2.17. The predicted molar refractivity (Wildman–Crippen MR) is 74.7 cm³/mol. The predicted octanol–water partition coefficient (Wildman–Crippen LogP) is 1.27. The van der Waals surface area contributed by atoms with Crippen molar-refractivity contribution < 1.29 is 4.79 Å². The first-order valence-electron chi connectivity index (χ1n) is 6.90. The van der Waals surface area contributed by atoms with Crippen molar-refractivity contribution in [3.8, 4) is 0 Å². The van der Waals surface area contributed by atoms with Crippen molar-refractivity contribution in [1.82, 2.24) is 9.88 Å². The molecule has 0 aromatic carbocycles. The first kappa shape index (κ1) is 13.6. The zero-order valence-corrected chi connectivity index (χ0v) is 11.1. The van der Waals surface area contributed by atoms with E-state index in [4.69, 9.17) is 5.73 Å². The number of nitrogens with zero attached hydrogens (tertiary/aromatic N) is 1. The third kappa shape index (κ3) is 4.12. The summed E-state index contributed by atoms with van der Waals surface area (Å²) in [5, 5.41) is 3.01. The van der Waals surface area contributed by atoms with Gasteiger partial charge in [0.1, 0.15) is 6.54 Å². The van der Waals surface area contributed by atoms with Crippen molar-refractivity contribution in [3.63, 3.8) is 0 Å². The molecule has 0 saturated heterocycles. The van der Waals surface area contributed by atoms with Crippen LogP contribution in [-0.4, -0.2) is 16.5 Å². The van der Waals surface area contributed by atoms with Gasteiger partial charge in [-0.15, -0.1) is 0 Å². The van der Waals surface area contributed by atoms with Crippen molar-refractivity contribution in [2.75, 3.05) is 5.73 Å². The number of hydrogen-bond donors (Lipinski definition) is 2. The number of rotatable bonds is 3. The minimum Gasteiger partial charge on any atom is -0.398 e. The van der Waals surface area contributed by atoms with E-state index >= 15 is 0 Å². The van der Waals surface area contributed by atoms with Crippen molar-refractivity contribution in [2.24, 2.45) is 0 Å². The fraction of sp³-hybridized carbons (Fsp3) is 0.571. The minimum atomic E-state index is -0.204. The van der Waals surface area contributed by atoms with Gasteiger partial charge in [0, 0.05) is 24.0 Å². The van der Waals surface area contributed by atoms with E-state index in [9.17, 15) is 9.59 Å². The van der Waals surface area contributed by atoms with Gasteiger partial charge < -0.3 is 15.6 Å². The zero-order valence-electron chi connectivity index (χ0n) is 11.1. The van der Waals surface area contributed by atoms with Crippen LogP contribution in [0.4, 0.5) is 5.69 Å². The van der Waals surface area contributed by atoms with Gasteiger partial charge >= 0.3 is 0 Å². The number of pyridine rings is 1. The van der Waals surface area contributed by atoms with E-state index in [1.807, 2.05) is 0 Å². The number of nitrogen functional groups attached to an aromatic ring is 1. The largest absolute Gasteiger partial charge is 0.398 e. The number of hydrogen-bond acceptors (Lipinski definition) is 3. The maximum atomic E-state index is 11.9. The number of anilines is 1. The Morgan fingerprint density at radius 3 is 2.63 bits per heavy atom. The zero-order chi connectivity index (χ0) is 13.7. The van der Waals surface area contributed by atoms with Crippen molar-refractivity contribution >= 4 is 11.6 Å². The van der Waals surface area contributed by atoms with Gasteiger partial charge in [0.2, 0.25) is 5.91 Å². The molecule has 5 heteroatoms. The van der Waals surface area contributed by atoms with Crippen LogP contribution in [0.5, 0.6) is 0 Å². The van der Waals surface area contributed by atoms with Crippen LogP contribution in [0, 0.1) is 0 Å². The molecule has 0 radical (unpaired) electrons. The molecule has 1 heterocycles. The van der Waals surface area contributed by atoms with Crippen LogP contribution in [0.25, 0.3) is 0 Å². The summed E-state index contributed by atoms with van der Waals surface area (Å²) in [7, 11) is 0. The van der Waals surface area contributed by atoms with E-state index in [1.165, 1.54) is 42.5 Å². The molecule has 1 saturated carbocycles. The molecule has 0 bridgehead atoms. The second-order valence-corrected chi connectivity index (χ2v) is 5.18. The second kappa shape index (κ2) is 6.41. The number of nitrogens with one attached hydrogen (secondary N) is 1. The van der Waals surface area contributed by atoms with Gasteiger partial charge in [-0.1, -0.05) is 25.7 Å². The van der Waals surface area contributed by atoms with Crippen LogP contribution in [-0.2, 0) is 11.3 Å². The Bertz CT molecular complexity index is 488. The minimum absolute atomic E-state index is 0.0420. The van der Waals surface area contributed by atoms with E-state index in [0.717, 1.165) is 12.8 Å². The molecule has 0 atom stereocenters. The van der Waals surface area contributed by atoms with Crippen LogP contribution in [0.15, 0.2) is 23.1 Å². The first-order valence-corrected chi connectivity index (χ1v) is 6.90. The highest BCUT2D eigenvalue weighted by molar-refractivity contribution is 5.76. The van der Waals surface area contributed by atoms with E-state index in [-0.39, 0.29) is 24.1 Å². The molecule has 5 nitrogen and oxygen atoms in total. The van der Waals surface area contributed by atoms with E-state index in [1.54, 1.807) is 6.07 Å². The fourth-order valence-corrected chi connectivity index (χ4v) is 2.53. The molecule has 1 aromatic heterocycles. The monoisotopic (exact) mass is 263 g/mol. The number of carbonyl (C=O) groups is 1. The number of carbonyl (C=O) groups excluding carboxylic acids is 1. The summed E-state index contributed by atoms with van der Waals surface area (Å²) in [5.74, 6) is -0.111. The molecule has 0 spiro atoms. The molecule has 1 aliphatic carbocycles. The van der Waals surface area contributed by atoms with Gasteiger partial charge in [-0.3, -0.25) is 9.59 Å². The molecule has 1 aromatic rings. The Balaban J connectivity index is 1.93. The third-order valence-corrected chi connectivity index (χ3v) is 3.54. The van der Waals surface area contributed by atoms with E-state index < -0.39 is 0 Å². The lowest BCUT2D eigenvalue weighted by Gasteiger charge is -2.16. The van der Waals surface area contributed by atoms with E-state index in [2.05, 4.69) is 5.32 Å². The SMILES string of the molecule is Nc1ccc(=O)n(CC(=O)NC2CCCCCC2)c1. The Labute approximate surface area is 112 Å². The van der Waals surface area contributed by atoms with Crippen LogP contribution in [0.3, 0.4) is 0 Å². The van der Waals surface area contributed by atoms with Crippen molar-refractivity contribution in [2.45, 2.75) is 51.1 Å². The van der Waals surface area contributed by atoms with Crippen LogP contribution < -0.4 is 16.6 Å². The molecule has 0 unspecified atom stereocenters. The van der Waals surface area contributed by atoms with Crippen LogP contribution >= 0.6 is 0 Å². The maximum absolute atomic E-state index is 11.9. The molecule has 2 rings (SSSR count). The van der Waals surface area contributed by atoms with Gasteiger partial charge in [0.25, 0.3) is 5.56 Å². The molecule has 104 valence electrons. The second-order valence-electron chi connectivity index (χ2n) is 5.18. The quantitative estimate of drug-likeness (QED) is 0.806. The molecular weight excluding hydrogens is 242 g/mol. The summed E-state index contributed by atoms with van der Waals surface area (Å²) in [6.07, 6.45) is 8.43. The average molecular weight is 263 g/mol. The Kier molecular flexibility index (Phi) is 4.60. The lowest BCUT2D eigenvalue weighted by atomic mass is 10.1. The normalized spacial score (nSPS) is 16.8. The van der Waals surface area contributed by atoms with Gasteiger partial charge in [-0.05, 0) is 18.9 Å². The average Bonchev–Trinajstić information content (AvgIpc) is 2.62. The number of aromatic nitrogens is 1. The highest BCUT2D eigenvalue weighted by atomic mass is 16.2. The molecule has 19 heavy (non-hydrogen) atoms. The standard InChI is InChI=1S/C14H21N3O2/c15-11-7-8-14(19)17(9-11)10-13(18)16-12-5-3-1-2-4-6-12/h7-9,12H,1-6,10,15H2,(H,16,18). The topological polar surface area (TPSA) is 77.1 Å². The van der Waals surface area contributed by atoms with Crippen LogP contribution in [0.1, 0.15) is 38.5 Å². The molecule has 1 fully saturated rings. The van der Waals surface area contributed by atoms with Crippen molar-refractivity contribution in [1.29, 1.82) is 0 Å². The van der Waals surface area contributed by atoms with E-state index in [0.29, 0.717) is 5.69 Å². The van der Waals surface area contributed by atoms with Gasteiger partial charge in [0.05, 0.1) is 0 Å². The Morgan fingerprint density at radius 2 is 1.95 bits per heavy atom. The fourth-order valence-electron chi connectivity index (χ4n) is 2.53. The van der Waals surface area contributed by atoms with Crippen LogP contribution in [0.2, 0.25) is 0 Å². The maximum Gasteiger partial charge on any atom is 0.251 e. The first-order chi connectivity index (χ1) is 9.15. The van der Waals surface area contributed by atoms with Crippen molar-refractivity contribution in [3.05, 3.63) is 28.7 Å². The highest BCUT2D eigenvalue weighted by Gasteiger charge is 2.15. The molecular formula is C14H21N3O2. The summed E-state index contributed by atoms with van der Waals surface area (Å²) >= 11 is 0. The summed E-state index contributed by atoms with van der Waals surface area (Å²) in [4.78, 5) is 23.5. The third-order valence-electron chi connectivity index (χ3n) is 3.54. The lowest BCUT2D eigenvalue weighted by Crippen LogP contribution is -2.38. The molecule has 3 N–H and O–H groups in total. The Morgan fingerprint density at radius 1 is 1.26 bits per heavy atom. The van der Waals surface area contributed by atoms with Gasteiger partial charge in [-0.25, -0.2) is 0 Å². The smallest absolute Gasteiger partial charge is 0.251 e. The summed E-state index contributed by atoms with van der Waals surface area (Å²) in [6, 6.07) is 3.18. The summed E-state index contributed by atoms with van der Waals surface area (Å²) in [6.45, 7) is 0.0420. The van der Waals surface area contributed by atoms with Gasteiger partial charge in [-0.2, -0.15) is 0 Å². The summed E-state index contributed by atoms with van der Waals surface area (Å²) in [5.41, 5.74) is 5.90. The molecule has 0 aliphatic heterocycles. The number of nitrogens with two attached hydrogens (primary N) is 1. The molecule has 1 aliphatic rings. The van der Waals surface area contributed by atoms with Gasteiger partial charge in [0.15, 0.2) is 0 Å².